The van der Waals surface area contributed by atoms with Gasteiger partial charge in [-0.05, 0) is 42.4 Å². The molecule has 1 unspecified atom stereocenters. The fourth-order valence-corrected chi connectivity index (χ4v) is 3.17. The number of fused-ring (bicyclic) bond motifs is 1. The Morgan fingerprint density at radius 2 is 1.84 bits per heavy atom. The third kappa shape index (κ3) is 2.45. The van der Waals surface area contributed by atoms with Crippen LogP contribution in [-0.4, -0.2) is 9.97 Å². The molecule has 1 aromatic heterocycles. The number of aromatic amines is 2. The lowest BCUT2D eigenvalue weighted by atomic mass is 9.77. The molecule has 1 aliphatic rings. The van der Waals surface area contributed by atoms with Gasteiger partial charge in [0.15, 0.2) is 0 Å². The molecule has 0 amide bonds. The highest BCUT2D eigenvalue weighted by Gasteiger charge is 2.24. The molecule has 1 saturated carbocycles. The molecule has 102 valence electrons. The third-order valence-corrected chi connectivity index (χ3v) is 4.49. The SMILES string of the molecule is CC1CCC(C(N)c2ccc3[nH]c(=O)[nH]c3c2)CC1. The topological polar surface area (TPSA) is 74.7 Å². The van der Waals surface area contributed by atoms with Gasteiger partial charge in [0.25, 0.3) is 0 Å². The molecule has 0 saturated heterocycles. The first kappa shape index (κ1) is 12.5. The zero-order chi connectivity index (χ0) is 13.4. The maximum atomic E-state index is 11.3. The molecule has 3 rings (SSSR count). The second-order valence-corrected chi connectivity index (χ2v) is 5.93. The van der Waals surface area contributed by atoms with Crippen LogP contribution in [0.1, 0.15) is 44.2 Å². The molecule has 1 aromatic carbocycles. The molecular weight excluding hydrogens is 238 g/mol. The molecule has 0 radical (unpaired) electrons. The van der Waals surface area contributed by atoms with Crippen LogP contribution in [0.5, 0.6) is 0 Å². The van der Waals surface area contributed by atoms with Crippen molar-refractivity contribution >= 4 is 11.0 Å². The third-order valence-electron chi connectivity index (χ3n) is 4.49. The van der Waals surface area contributed by atoms with Gasteiger partial charge in [-0.2, -0.15) is 0 Å². The van der Waals surface area contributed by atoms with Crippen molar-refractivity contribution < 1.29 is 0 Å². The molecule has 0 spiro atoms. The summed E-state index contributed by atoms with van der Waals surface area (Å²) < 4.78 is 0. The zero-order valence-electron chi connectivity index (χ0n) is 11.3. The fraction of sp³-hybridized carbons (Fsp3) is 0.533. The van der Waals surface area contributed by atoms with E-state index in [0.29, 0.717) is 5.92 Å². The number of benzene rings is 1. The van der Waals surface area contributed by atoms with Crippen LogP contribution >= 0.6 is 0 Å². The Kier molecular flexibility index (Phi) is 3.19. The van der Waals surface area contributed by atoms with Crippen LogP contribution in [0, 0.1) is 11.8 Å². The Balaban J connectivity index is 1.84. The number of aromatic nitrogens is 2. The fourth-order valence-electron chi connectivity index (χ4n) is 3.17. The maximum absolute atomic E-state index is 11.3. The molecule has 1 heterocycles. The Hall–Kier alpha value is -1.55. The van der Waals surface area contributed by atoms with E-state index in [0.717, 1.165) is 22.5 Å². The van der Waals surface area contributed by atoms with Gasteiger partial charge in [0, 0.05) is 6.04 Å². The zero-order valence-corrected chi connectivity index (χ0v) is 11.3. The molecule has 4 nitrogen and oxygen atoms in total. The minimum absolute atomic E-state index is 0.0790. The number of imidazole rings is 1. The molecule has 4 heteroatoms. The van der Waals surface area contributed by atoms with Crippen LogP contribution in [0.25, 0.3) is 11.0 Å². The first-order valence-corrected chi connectivity index (χ1v) is 7.11. The minimum atomic E-state index is -0.160. The van der Waals surface area contributed by atoms with Crippen molar-refractivity contribution in [1.29, 1.82) is 0 Å². The maximum Gasteiger partial charge on any atom is 0.323 e. The van der Waals surface area contributed by atoms with Crippen LogP contribution in [0.3, 0.4) is 0 Å². The number of rotatable bonds is 2. The average Bonchev–Trinajstić information content (AvgIpc) is 2.77. The van der Waals surface area contributed by atoms with Gasteiger partial charge in [0.2, 0.25) is 0 Å². The first-order valence-electron chi connectivity index (χ1n) is 7.11. The molecule has 2 aromatic rings. The van der Waals surface area contributed by atoms with E-state index in [1.54, 1.807) is 0 Å². The van der Waals surface area contributed by atoms with E-state index in [9.17, 15) is 4.79 Å². The summed E-state index contributed by atoms with van der Waals surface area (Å²) in [5, 5.41) is 0. The van der Waals surface area contributed by atoms with E-state index in [1.807, 2.05) is 18.2 Å². The van der Waals surface area contributed by atoms with Crippen molar-refractivity contribution in [1.82, 2.24) is 9.97 Å². The van der Waals surface area contributed by atoms with E-state index in [1.165, 1.54) is 25.7 Å². The molecule has 1 fully saturated rings. The summed E-state index contributed by atoms with van der Waals surface area (Å²) in [6, 6.07) is 6.06. The normalized spacial score (nSPS) is 25.6. The summed E-state index contributed by atoms with van der Waals surface area (Å²) in [4.78, 5) is 16.8. The monoisotopic (exact) mass is 259 g/mol. The van der Waals surface area contributed by atoms with Gasteiger partial charge in [-0.25, -0.2) is 4.79 Å². The molecule has 4 N–H and O–H groups in total. The summed E-state index contributed by atoms with van der Waals surface area (Å²) in [7, 11) is 0. The van der Waals surface area contributed by atoms with Gasteiger partial charge in [0.05, 0.1) is 11.0 Å². The number of nitrogens with two attached hydrogens (primary N) is 1. The van der Waals surface area contributed by atoms with Gasteiger partial charge >= 0.3 is 5.69 Å². The largest absolute Gasteiger partial charge is 0.324 e. The van der Waals surface area contributed by atoms with E-state index < -0.39 is 0 Å². The number of hydrogen-bond acceptors (Lipinski definition) is 2. The molecule has 0 bridgehead atoms. The minimum Gasteiger partial charge on any atom is -0.324 e. The standard InChI is InChI=1S/C15H21N3O/c1-9-2-4-10(5-3-9)14(16)11-6-7-12-13(8-11)18-15(19)17-12/h6-10,14H,2-5,16H2,1H3,(H2,17,18,19). The lowest BCUT2D eigenvalue weighted by Gasteiger charge is -2.30. The predicted octanol–water partition coefficient (Wildman–Crippen LogP) is 2.68. The summed E-state index contributed by atoms with van der Waals surface area (Å²) in [6.45, 7) is 2.32. The van der Waals surface area contributed by atoms with Crippen LogP contribution in [0.4, 0.5) is 0 Å². The van der Waals surface area contributed by atoms with Gasteiger partial charge in [-0.3, -0.25) is 0 Å². The lowest BCUT2D eigenvalue weighted by Crippen LogP contribution is -2.25. The predicted molar refractivity (Wildman–Crippen MR) is 77.0 cm³/mol. The van der Waals surface area contributed by atoms with Gasteiger partial charge in [-0.1, -0.05) is 25.8 Å². The highest BCUT2D eigenvalue weighted by molar-refractivity contribution is 5.75. The van der Waals surface area contributed by atoms with Crippen molar-refractivity contribution in [2.75, 3.05) is 0 Å². The highest BCUT2D eigenvalue weighted by Crippen LogP contribution is 2.35. The summed E-state index contributed by atoms with van der Waals surface area (Å²) in [6.07, 6.45) is 4.98. The molecule has 19 heavy (non-hydrogen) atoms. The summed E-state index contributed by atoms with van der Waals surface area (Å²) >= 11 is 0. The van der Waals surface area contributed by atoms with E-state index in [4.69, 9.17) is 5.73 Å². The van der Waals surface area contributed by atoms with Crippen LogP contribution in [0.15, 0.2) is 23.0 Å². The van der Waals surface area contributed by atoms with Crippen molar-refractivity contribution in [2.45, 2.75) is 38.6 Å². The van der Waals surface area contributed by atoms with E-state index >= 15 is 0 Å². The van der Waals surface area contributed by atoms with Crippen molar-refractivity contribution in [2.24, 2.45) is 17.6 Å². The molecule has 1 aliphatic carbocycles. The van der Waals surface area contributed by atoms with Gasteiger partial charge in [0.1, 0.15) is 0 Å². The smallest absolute Gasteiger partial charge is 0.323 e. The number of nitrogens with one attached hydrogen (secondary N) is 2. The summed E-state index contributed by atoms with van der Waals surface area (Å²) in [5.41, 5.74) is 9.07. The number of hydrogen-bond donors (Lipinski definition) is 3. The van der Waals surface area contributed by atoms with Crippen LogP contribution in [-0.2, 0) is 0 Å². The van der Waals surface area contributed by atoms with E-state index in [2.05, 4.69) is 16.9 Å². The molecule has 0 aliphatic heterocycles. The van der Waals surface area contributed by atoms with Gasteiger partial charge < -0.3 is 15.7 Å². The van der Waals surface area contributed by atoms with Crippen molar-refractivity contribution in [3.63, 3.8) is 0 Å². The second kappa shape index (κ2) is 4.85. The first-order chi connectivity index (χ1) is 9.13. The Labute approximate surface area is 112 Å². The Morgan fingerprint density at radius 3 is 2.58 bits per heavy atom. The van der Waals surface area contributed by atoms with Gasteiger partial charge in [-0.15, -0.1) is 0 Å². The van der Waals surface area contributed by atoms with Crippen LogP contribution < -0.4 is 11.4 Å². The highest BCUT2D eigenvalue weighted by atomic mass is 16.1. The molecular formula is C15H21N3O. The quantitative estimate of drug-likeness (QED) is 0.775. The lowest BCUT2D eigenvalue weighted by molar-refractivity contribution is 0.256. The average molecular weight is 259 g/mol. The Morgan fingerprint density at radius 1 is 1.16 bits per heavy atom. The van der Waals surface area contributed by atoms with Crippen molar-refractivity contribution in [3.8, 4) is 0 Å². The Bertz CT molecular complexity index is 620. The summed E-state index contributed by atoms with van der Waals surface area (Å²) in [5.74, 6) is 1.41. The van der Waals surface area contributed by atoms with E-state index in [-0.39, 0.29) is 11.7 Å². The van der Waals surface area contributed by atoms with Crippen molar-refractivity contribution in [3.05, 3.63) is 34.2 Å². The number of H-pyrrole nitrogens is 2. The molecule has 1 atom stereocenters. The second-order valence-electron chi connectivity index (χ2n) is 5.93. The van der Waals surface area contributed by atoms with Crippen LogP contribution in [0.2, 0.25) is 0 Å².